The van der Waals surface area contributed by atoms with Crippen molar-refractivity contribution in [1.82, 2.24) is 30.8 Å². The second-order valence-electron chi connectivity index (χ2n) is 13.1. The van der Waals surface area contributed by atoms with Crippen molar-refractivity contribution >= 4 is 23.2 Å². The van der Waals surface area contributed by atoms with Crippen molar-refractivity contribution in [3.63, 3.8) is 0 Å². The maximum atomic E-state index is 14.3. The van der Waals surface area contributed by atoms with E-state index in [-0.39, 0.29) is 29.4 Å². The molecule has 2 amide bonds. The molecule has 11 heteroatoms. The molecule has 0 radical (unpaired) electrons. The predicted molar refractivity (Wildman–Crippen MR) is 186 cm³/mol. The molecule has 2 aromatic carbocycles. The molecule has 1 aliphatic carbocycles. The normalized spacial score (nSPS) is 21.4. The molecule has 4 aromatic rings. The number of rotatable bonds is 10. The number of hydrogen-bond donors (Lipinski definition) is 3. The fourth-order valence-corrected chi connectivity index (χ4v) is 7.26. The van der Waals surface area contributed by atoms with E-state index in [1.807, 2.05) is 25.1 Å². The standard InChI is InChI=1S/C37H43FN6O3S/c1-23-20-44(21-24(2)40-23)16-15-26-7-9-27(10-8-26)28-5-4-6-32(17-28)47-37-33(18-29(38)19-39-37)35(45)42-30-11-13-31(14-12-30)43-36(46)34-22-48-25(3)41-34/h4-10,17-19,22-24,30-31,40H,11-16,20-21H2,1-3H3,(H,42,45)(H,43,46). The molecule has 6 rings (SSSR count). The number of benzene rings is 2. The Kier molecular flexibility index (Phi) is 10.8. The summed E-state index contributed by atoms with van der Waals surface area (Å²) < 4.78 is 20.4. The van der Waals surface area contributed by atoms with Crippen LogP contribution in [0.25, 0.3) is 11.1 Å². The lowest BCUT2D eigenvalue weighted by Gasteiger charge is -2.36. The van der Waals surface area contributed by atoms with Crippen LogP contribution in [0.4, 0.5) is 4.39 Å². The van der Waals surface area contributed by atoms with Gasteiger partial charge in [0.1, 0.15) is 22.8 Å². The zero-order valence-electron chi connectivity index (χ0n) is 27.7. The van der Waals surface area contributed by atoms with E-state index in [4.69, 9.17) is 4.74 Å². The lowest BCUT2D eigenvalue weighted by molar-refractivity contribution is 0.0888. The molecule has 2 fully saturated rings. The van der Waals surface area contributed by atoms with Gasteiger partial charge in [-0.2, -0.15) is 0 Å². The molecule has 2 unspecified atom stereocenters. The largest absolute Gasteiger partial charge is 0.438 e. The molecular weight excluding hydrogens is 628 g/mol. The first-order valence-corrected chi connectivity index (χ1v) is 17.6. The molecule has 1 aliphatic heterocycles. The molecule has 3 heterocycles. The summed E-state index contributed by atoms with van der Waals surface area (Å²) in [5.74, 6) is -0.702. The molecule has 1 saturated heterocycles. The summed E-state index contributed by atoms with van der Waals surface area (Å²) in [4.78, 5) is 36.8. The highest BCUT2D eigenvalue weighted by Crippen LogP contribution is 2.29. The van der Waals surface area contributed by atoms with Gasteiger partial charge in [-0.3, -0.25) is 14.5 Å². The molecule has 48 heavy (non-hydrogen) atoms. The number of nitrogens with one attached hydrogen (secondary N) is 3. The van der Waals surface area contributed by atoms with Crippen molar-refractivity contribution < 1.29 is 18.7 Å². The maximum absolute atomic E-state index is 14.3. The Morgan fingerprint density at radius 3 is 2.31 bits per heavy atom. The molecule has 2 aromatic heterocycles. The summed E-state index contributed by atoms with van der Waals surface area (Å²) >= 11 is 1.44. The van der Waals surface area contributed by atoms with Gasteiger partial charge in [0.05, 0.1) is 11.2 Å². The minimum absolute atomic E-state index is 0.0102. The smallest absolute Gasteiger partial charge is 0.270 e. The molecule has 3 N–H and O–H groups in total. The van der Waals surface area contributed by atoms with Gasteiger partial charge in [-0.25, -0.2) is 14.4 Å². The third-order valence-corrected chi connectivity index (χ3v) is 9.77. The van der Waals surface area contributed by atoms with Crippen molar-refractivity contribution in [2.75, 3.05) is 19.6 Å². The highest BCUT2D eigenvalue weighted by molar-refractivity contribution is 7.09. The average Bonchev–Trinajstić information content (AvgIpc) is 3.52. The lowest BCUT2D eigenvalue weighted by atomic mass is 9.91. The van der Waals surface area contributed by atoms with Crippen LogP contribution in [0, 0.1) is 12.7 Å². The molecule has 252 valence electrons. The van der Waals surface area contributed by atoms with E-state index in [1.165, 1.54) is 16.9 Å². The number of aryl methyl sites for hydroxylation is 1. The highest BCUT2D eigenvalue weighted by Gasteiger charge is 2.26. The molecule has 1 saturated carbocycles. The molecule has 9 nitrogen and oxygen atoms in total. The number of hydrogen-bond acceptors (Lipinski definition) is 8. The number of piperazine rings is 1. The SMILES string of the molecule is Cc1nc(C(=O)NC2CCC(NC(=O)c3cc(F)cnc3Oc3cccc(-c4ccc(CCN5CC(C)NC(C)C5)cc4)c3)CC2)cs1. The third kappa shape index (κ3) is 8.83. The zero-order valence-corrected chi connectivity index (χ0v) is 28.5. The van der Waals surface area contributed by atoms with E-state index >= 15 is 0 Å². The Morgan fingerprint density at radius 1 is 0.958 bits per heavy atom. The first kappa shape index (κ1) is 33.7. The molecule has 2 aliphatic rings. The second kappa shape index (κ2) is 15.4. The number of pyridine rings is 1. The van der Waals surface area contributed by atoms with Crippen molar-refractivity contribution in [3.05, 3.63) is 93.8 Å². The van der Waals surface area contributed by atoms with E-state index in [9.17, 15) is 14.0 Å². The van der Waals surface area contributed by atoms with Crippen molar-refractivity contribution in [2.45, 2.75) is 77.0 Å². The van der Waals surface area contributed by atoms with E-state index in [2.05, 4.69) is 68.9 Å². The first-order chi connectivity index (χ1) is 23.2. The van der Waals surface area contributed by atoms with Crippen LogP contribution in [0.1, 0.15) is 70.9 Å². The third-order valence-electron chi connectivity index (χ3n) is 9.00. The number of amides is 2. The van der Waals surface area contributed by atoms with Crippen molar-refractivity contribution in [3.8, 4) is 22.8 Å². The summed E-state index contributed by atoms with van der Waals surface area (Å²) in [5, 5.41) is 12.3. The summed E-state index contributed by atoms with van der Waals surface area (Å²) in [7, 11) is 0. The molecular formula is C37H43FN6O3S. The van der Waals surface area contributed by atoms with Crippen LogP contribution in [-0.4, -0.2) is 70.5 Å². The van der Waals surface area contributed by atoms with Gasteiger partial charge >= 0.3 is 0 Å². The average molecular weight is 671 g/mol. The zero-order chi connectivity index (χ0) is 33.6. The van der Waals surface area contributed by atoms with E-state index in [0.717, 1.165) is 54.5 Å². The fourth-order valence-electron chi connectivity index (χ4n) is 6.67. The Hall–Kier alpha value is -4.19. The Morgan fingerprint density at radius 2 is 1.65 bits per heavy atom. The highest BCUT2D eigenvalue weighted by atomic mass is 32.1. The molecule has 2 atom stereocenters. The number of ether oxygens (including phenoxy) is 1. The van der Waals surface area contributed by atoms with Gasteiger partial charge < -0.3 is 20.7 Å². The van der Waals surface area contributed by atoms with Crippen LogP contribution in [0.5, 0.6) is 11.6 Å². The predicted octanol–water partition coefficient (Wildman–Crippen LogP) is 6.14. The van der Waals surface area contributed by atoms with Crippen LogP contribution < -0.4 is 20.7 Å². The second-order valence-corrected chi connectivity index (χ2v) is 14.1. The van der Waals surface area contributed by atoms with Gasteiger partial charge in [0.2, 0.25) is 5.88 Å². The number of carbonyl (C=O) groups excluding carboxylic acids is 2. The van der Waals surface area contributed by atoms with E-state index in [1.54, 1.807) is 11.4 Å². The van der Waals surface area contributed by atoms with Crippen LogP contribution in [0.2, 0.25) is 0 Å². The number of nitrogens with zero attached hydrogens (tertiary/aromatic N) is 3. The van der Waals surface area contributed by atoms with Gasteiger partial charge in [-0.1, -0.05) is 36.4 Å². The van der Waals surface area contributed by atoms with Crippen LogP contribution >= 0.6 is 11.3 Å². The Labute approximate surface area is 285 Å². The lowest BCUT2D eigenvalue weighted by Crippen LogP contribution is -2.54. The van der Waals surface area contributed by atoms with Crippen LogP contribution in [0.15, 0.2) is 66.2 Å². The fraction of sp³-hybridized carbons (Fsp3) is 0.405. The monoisotopic (exact) mass is 670 g/mol. The summed E-state index contributed by atoms with van der Waals surface area (Å²) in [6, 6.07) is 18.2. The van der Waals surface area contributed by atoms with E-state index < -0.39 is 11.7 Å². The van der Waals surface area contributed by atoms with Gasteiger partial charge in [0.25, 0.3) is 11.8 Å². The Balaban J connectivity index is 1.04. The summed E-state index contributed by atoms with van der Waals surface area (Å²) in [6.07, 6.45) is 4.84. The molecule has 0 spiro atoms. The topological polar surface area (TPSA) is 108 Å². The quantitative estimate of drug-likeness (QED) is 0.186. The molecule has 0 bridgehead atoms. The van der Waals surface area contributed by atoms with Crippen molar-refractivity contribution in [2.24, 2.45) is 0 Å². The van der Waals surface area contributed by atoms with Crippen LogP contribution in [0.3, 0.4) is 0 Å². The van der Waals surface area contributed by atoms with E-state index in [0.29, 0.717) is 49.2 Å². The first-order valence-electron chi connectivity index (χ1n) is 16.7. The van der Waals surface area contributed by atoms with Crippen LogP contribution in [-0.2, 0) is 6.42 Å². The summed E-state index contributed by atoms with van der Waals surface area (Å²) in [5.41, 5.74) is 3.77. The number of aromatic nitrogens is 2. The minimum Gasteiger partial charge on any atom is -0.438 e. The minimum atomic E-state index is -0.619. The maximum Gasteiger partial charge on any atom is 0.270 e. The number of carbonyl (C=O) groups is 2. The van der Waals surface area contributed by atoms with Gasteiger partial charge in [-0.05, 0) is 87.8 Å². The van der Waals surface area contributed by atoms with Gasteiger partial charge in [0, 0.05) is 49.2 Å². The Bertz CT molecular complexity index is 1710. The number of thiazole rings is 1. The van der Waals surface area contributed by atoms with Gasteiger partial charge in [0.15, 0.2) is 0 Å². The van der Waals surface area contributed by atoms with Crippen molar-refractivity contribution in [1.29, 1.82) is 0 Å². The summed E-state index contributed by atoms with van der Waals surface area (Å²) in [6.45, 7) is 9.51. The van der Waals surface area contributed by atoms with Gasteiger partial charge in [-0.15, -0.1) is 11.3 Å². The number of halogens is 1.